The van der Waals surface area contributed by atoms with Crippen LogP contribution < -0.4 is 4.74 Å². The van der Waals surface area contributed by atoms with Gasteiger partial charge in [0, 0.05) is 5.39 Å². The quantitative estimate of drug-likeness (QED) is 0.873. The van der Waals surface area contributed by atoms with E-state index in [1.165, 1.54) is 11.8 Å². The molecule has 2 atom stereocenters. The minimum absolute atomic E-state index is 0.0209. The van der Waals surface area contributed by atoms with Crippen LogP contribution in [0.3, 0.4) is 0 Å². The second-order valence-electron chi connectivity index (χ2n) is 5.45. The van der Waals surface area contributed by atoms with Crippen molar-refractivity contribution < 1.29 is 19.7 Å². The van der Waals surface area contributed by atoms with E-state index in [1.54, 1.807) is 12.0 Å². The van der Waals surface area contributed by atoms with Gasteiger partial charge in [-0.3, -0.25) is 4.79 Å². The topological polar surface area (TPSA) is 70.0 Å². The van der Waals surface area contributed by atoms with Crippen LogP contribution in [-0.4, -0.2) is 53.1 Å². The molecule has 0 spiro atoms. The summed E-state index contributed by atoms with van der Waals surface area (Å²) < 4.78 is 5.41. The van der Waals surface area contributed by atoms with E-state index < -0.39 is 6.10 Å². The summed E-state index contributed by atoms with van der Waals surface area (Å²) in [6, 6.07) is 11.8. The molecular weight excluding hydrogens is 314 g/mol. The summed E-state index contributed by atoms with van der Waals surface area (Å²) in [6.07, 6.45) is -0.926. The highest BCUT2D eigenvalue weighted by Gasteiger charge is 2.34. The lowest BCUT2D eigenvalue weighted by Crippen LogP contribution is -2.37. The number of carbonyl (C=O) groups excluding carboxylic acids is 1. The highest BCUT2D eigenvalue weighted by Crippen LogP contribution is 2.43. The number of thioether (sulfide) groups is 1. The first-order chi connectivity index (χ1) is 11.2. The van der Waals surface area contributed by atoms with Crippen LogP contribution in [0.5, 0.6) is 5.75 Å². The molecular formula is C17H19NO4S. The summed E-state index contributed by atoms with van der Waals surface area (Å²) in [4.78, 5) is 13.8. The number of aliphatic hydroxyl groups excluding tert-OH is 2. The summed E-state index contributed by atoms with van der Waals surface area (Å²) in [5.41, 5.74) is 1.02. The molecule has 3 rings (SSSR count). The van der Waals surface area contributed by atoms with Gasteiger partial charge in [-0.2, -0.15) is 0 Å². The largest absolute Gasteiger partial charge is 0.496 e. The molecule has 0 saturated carbocycles. The Hall–Kier alpha value is -1.76. The Balaban J connectivity index is 2.03. The molecule has 1 aliphatic heterocycles. The van der Waals surface area contributed by atoms with E-state index in [4.69, 9.17) is 9.84 Å². The minimum atomic E-state index is -0.926. The lowest BCUT2D eigenvalue weighted by molar-refractivity contribution is -0.129. The second kappa shape index (κ2) is 6.78. The molecule has 1 aliphatic rings. The molecule has 5 nitrogen and oxygen atoms in total. The number of nitrogens with zero attached hydrogens (tertiary/aromatic N) is 1. The predicted molar refractivity (Wildman–Crippen MR) is 90.5 cm³/mol. The van der Waals surface area contributed by atoms with Crippen LogP contribution in [-0.2, 0) is 4.79 Å². The summed E-state index contributed by atoms with van der Waals surface area (Å²) >= 11 is 1.54. The molecule has 2 N–H and O–H groups in total. The Morgan fingerprint density at radius 3 is 2.74 bits per heavy atom. The maximum atomic E-state index is 12.2. The average molecular weight is 333 g/mol. The predicted octanol–water partition coefficient (Wildman–Crippen LogP) is 1.78. The van der Waals surface area contributed by atoms with Crippen LogP contribution >= 0.6 is 11.8 Å². The Morgan fingerprint density at radius 1 is 1.30 bits per heavy atom. The molecule has 1 unspecified atom stereocenters. The maximum Gasteiger partial charge on any atom is 0.233 e. The number of carbonyl (C=O) groups is 1. The van der Waals surface area contributed by atoms with E-state index in [0.717, 1.165) is 22.1 Å². The van der Waals surface area contributed by atoms with Crippen LogP contribution in [0.25, 0.3) is 10.8 Å². The second-order valence-corrected chi connectivity index (χ2v) is 6.52. The van der Waals surface area contributed by atoms with Gasteiger partial charge >= 0.3 is 0 Å². The number of β-amino-alcohol motifs (C(OH)–C–C–N with tert-alkyl or cyclic N) is 1. The first-order valence-electron chi connectivity index (χ1n) is 7.41. The molecule has 1 saturated heterocycles. The van der Waals surface area contributed by atoms with Crippen molar-refractivity contribution in [3.63, 3.8) is 0 Å². The number of rotatable bonds is 5. The fourth-order valence-electron chi connectivity index (χ4n) is 2.88. The third-order valence-corrected chi connectivity index (χ3v) is 5.23. The summed E-state index contributed by atoms with van der Waals surface area (Å²) in [5, 5.41) is 20.6. The average Bonchev–Trinajstić information content (AvgIpc) is 2.94. The molecule has 1 amide bonds. The van der Waals surface area contributed by atoms with Gasteiger partial charge in [-0.15, -0.1) is 11.8 Å². The molecule has 2 aromatic rings. The third-order valence-electron chi connectivity index (χ3n) is 3.99. The van der Waals surface area contributed by atoms with Crippen molar-refractivity contribution in [2.75, 3.05) is 26.0 Å². The molecule has 0 aromatic heterocycles. The summed E-state index contributed by atoms with van der Waals surface area (Å²) in [7, 11) is 1.64. The van der Waals surface area contributed by atoms with Crippen LogP contribution in [0.15, 0.2) is 36.4 Å². The van der Waals surface area contributed by atoms with Crippen molar-refractivity contribution >= 4 is 28.4 Å². The van der Waals surface area contributed by atoms with E-state index in [2.05, 4.69) is 0 Å². The molecule has 2 aromatic carbocycles. The normalized spacial score (nSPS) is 19.3. The van der Waals surface area contributed by atoms with Crippen LogP contribution in [0.2, 0.25) is 0 Å². The molecule has 122 valence electrons. The zero-order valence-corrected chi connectivity index (χ0v) is 13.6. The van der Waals surface area contributed by atoms with Gasteiger partial charge in [0.1, 0.15) is 11.1 Å². The van der Waals surface area contributed by atoms with Crippen LogP contribution in [0.4, 0.5) is 0 Å². The van der Waals surface area contributed by atoms with Gasteiger partial charge < -0.3 is 19.8 Å². The van der Waals surface area contributed by atoms with Gasteiger partial charge in [0.05, 0.1) is 32.1 Å². The van der Waals surface area contributed by atoms with Gasteiger partial charge in [0.25, 0.3) is 0 Å². The lowest BCUT2D eigenvalue weighted by atomic mass is 10.0. The SMILES string of the molecule is COc1ccc(C2SCC(=O)N2C[C@H](O)CO)c2ccccc12. The van der Waals surface area contributed by atoms with E-state index in [-0.39, 0.29) is 24.4 Å². The van der Waals surface area contributed by atoms with Gasteiger partial charge in [-0.1, -0.05) is 30.3 Å². The van der Waals surface area contributed by atoms with Crippen molar-refractivity contribution in [2.24, 2.45) is 0 Å². The Kier molecular flexibility index (Phi) is 4.75. The van der Waals surface area contributed by atoms with Crippen molar-refractivity contribution in [1.82, 2.24) is 4.90 Å². The fourth-order valence-corrected chi connectivity index (χ4v) is 4.12. The number of hydrogen-bond donors (Lipinski definition) is 2. The summed E-state index contributed by atoms with van der Waals surface area (Å²) in [6.45, 7) is -0.224. The van der Waals surface area contributed by atoms with Gasteiger partial charge in [0.2, 0.25) is 5.91 Å². The van der Waals surface area contributed by atoms with Crippen molar-refractivity contribution in [1.29, 1.82) is 0 Å². The smallest absolute Gasteiger partial charge is 0.233 e. The highest BCUT2D eigenvalue weighted by atomic mass is 32.2. The van der Waals surface area contributed by atoms with E-state index >= 15 is 0 Å². The molecule has 1 fully saturated rings. The Morgan fingerprint density at radius 2 is 2.04 bits per heavy atom. The summed E-state index contributed by atoms with van der Waals surface area (Å²) in [5.74, 6) is 1.15. The highest BCUT2D eigenvalue weighted by molar-refractivity contribution is 8.00. The lowest BCUT2D eigenvalue weighted by Gasteiger charge is -2.27. The maximum absolute atomic E-state index is 12.2. The monoisotopic (exact) mass is 333 g/mol. The number of ether oxygens (including phenoxy) is 1. The van der Waals surface area contributed by atoms with Crippen molar-refractivity contribution in [3.05, 3.63) is 42.0 Å². The molecule has 0 aliphatic carbocycles. The number of amides is 1. The van der Waals surface area contributed by atoms with E-state index in [9.17, 15) is 9.90 Å². The molecule has 23 heavy (non-hydrogen) atoms. The minimum Gasteiger partial charge on any atom is -0.496 e. The first-order valence-corrected chi connectivity index (χ1v) is 8.46. The zero-order chi connectivity index (χ0) is 16.4. The Bertz CT molecular complexity index is 721. The number of aliphatic hydroxyl groups is 2. The number of benzene rings is 2. The molecule has 6 heteroatoms. The number of fused-ring (bicyclic) bond motifs is 1. The van der Waals surface area contributed by atoms with Crippen molar-refractivity contribution in [3.8, 4) is 5.75 Å². The van der Waals surface area contributed by atoms with Crippen LogP contribution in [0, 0.1) is 0 Å². The van der Waals surface area contributed by atoms with E-state index in [1.807, 2.05) is 36.4 Å². The molecule has 0 bridgehead atoms. The fraction of sp³-hybridized carbons (Fsp3) is 0.353. The Labute approximate surface area is 138 Å². The first kappa shape index (κ1) is 16.1. The third kappa shape index (κ3) is 3.02. The van der Waals surface area contributed by atoms with Gasteiger partial charge in [-0.05, 0) is 17.0 Å². The van der Waals surface area contributed by atoms with Crippen LogP contribution in [0.1, 0.15) is 10.9 Å². The molecule has 0 radical (unpaired) electrons. The molecule has 1 heterocycles. The number of methoxy groups -OCH3 is 1. The van der Waals surface area contributed by atoms with Crippen molar-refractivity contribution in [2.45, 2.75) is 11.5 Å². The van der Waals surface area contributed by atoms with E-state index in [0.29, 0.717) is 5.75 Å². The standard InChI is InChI=1S/C17H19NO4S/c1-22-15-7-6-14(12-4-2-3-5-13(12)15)17-18(8-11(20)9-19)16(21)10-23-17/h2-7,11,17,19-20H,8-10H2,1H3/t11-,17?/m0/s1. The van der Waals surface area contributed by atoms with Gasteiger partial charge in [0.15, 0.2) is 0 Å². The van der Waals surface area contributed by atoms with Gasteiger partial charge in [-0.25, -0.2) is 0 Å². The zero-order valence-electron chi connectivity index (χ0n) is 12.8. The number of hydrogen-bond acceptors (Lipinski definition) is 5.